The molecule has 2 rings (SSSR count). The third-order valence-electron chi connectivity index (χ3n) is 2.97. The molecule has 0 radical (unpaired) electrons. The van der Waals surface area contributed by atoms with E-state index in [9.17, 15) is 4.79 Å². The van der Waals surface area contributed by atoms with Gasteiger partial charge in [0.05, 0.1) is 0 Å². The first-order chi connectivity index (χ1) is 10.2. The summed E-state index contributed by atoms with van der Waals surface area (Å²) >= 11 is 0. The van der Waals surface area contributed by atoms with Crippen LogP contribution in [0.4, 0.5) is 5.69 Å². The van der Waals surface area contributed by atoms with Crippen LogP contribution in [0.3, 0.4) is 0 Å². The number of aliphatic carboxylic acids is 1. The molecule has 0 saturated carbocycles. The van der Waals surface area contributed by atoms with Crippen LogP contribution in [0, 0.1) is 0 Å². The minimum absolute atomic E-state index is 0.208. The number of hydrogen-bond donors (Lipinski definition) is 1. The fraction of sp³-hybridized carbons (Fsp3) is 0.588. The summed E-state index contributed by atoms with van der Waals surface area (Å²) in [5.74, 6) is -0.933. The normalized spacial score (nSPS) is 12.3. The van der Waals surface area contributed by atoms with Crippen molar-refractivity contribution in [3.63, 3.8) is 0 Å². The molecule has 0 spiro atoms. The Balaban J connectivity index is 0.000000427. The molecule has 120 valence electrons. The summed E-state index contributed by atoms with van der Waals surface area (Å²) in [6, 6.07) is 8.81. The first kappa shape index (κ1) is 19.4. The topological polar surface area (TPSA) is 49.8 Å². The number of fused-ring (bicyclic) bond motifs is 1. The van der Waals surface area contributed by atoms with E-state index in [1.165, 1.54) is 50.7 Å². The van der Waals surface area contributed by atoms with Crippen LogP contribution in [-0.4, -0.2) is 37.9 Å². The second-order valence-corrected chi connectivity index (χ2v) is 4.55. The highest BCUT2D eigenvalue weighted by Crippen LogP contribution is 2.26. The van der Waals surface area contributed by atoms with Gasteiger partial charge in [0.2, 0.25) is 0 Å². The third-order valence-corrected chi connectivity index (χ3v) is 2.97. The molecule has 4 heteroatoms. The zero-order chi connectivity index (χ0) is 16.1. The molecule has 0 unspecified atom stereocenters. The van der Waals surface area contributed by atoms with Crippen molar-refractivity contribution in [1.29, 1.82) is 0 Å². The van der Waals surface area contributed by atoms with Crippen molar-refractivity contribution in [2.75, 3.05) is 31.7 Å². The molecule has 21 heavy (non-hydrogen) atoms. The van der Waals surface area contributed by atoms with E-state index in [2.05, 4.69) is 40.8 Å². The average Bonchev–Trinajstić information content (AvgIpc) is 2.50. The average molecular weight is 295 g/mol. The fourth-order valence-corrected chi connectivity index (χ4v) is 2.24. The van der Waals surface area contributed by atoms with Crippen molar-refractivity contribution in [2.24, 2.45) is 0 Å². The Morgan fingerprint density at radius 1 is 1.33 bits per heavy atom. The molecular formula is C17H29NO3. The van der Waals surface area contributed by atoms with Gasteiger partial charge in [-0.25, -0.2) is 4.79 Å². The number of methoxy groups -OCH3 is 1. The quantitative estimate of drug-likeness (QED) is 0.922. The molecule has 0 saturated heterocycles. The predicted molar refractivity (Wildman–Crippen MR) is 88.1 cm³/mol. The monoisotopic (exact) mass is 295 g/mol. The van der Waals surface area contributed by atoms with Crippen LogP contribution in [0.1, 0.15) is 39.2 Å². The van der Waals surface area contributed by atoms with Gasteiger partial charge in [0, 0.05) is 25.9 Å². The maximum absolute atomic E-state index is 9.47. The van der Waals surface area contributed by atoms with E-state index < -0.39 is 5.97 Å². The summed E-state index contributed by atoms with van der Waals surface area (Å²) < 4.78 is 4.20. The van der Waals surface area contributed by atoms with Gasteiger partial charge in [0.15, 0.2) is 0 Å². The number of nitrogens with zero attached hydrogens (tertiary/aromatic N) is 1. The van der Waals surface area contributed by atoms with Crippen LogP contribution in [0.2, 0.25) is 0 Å². The minimum atomic E-state index is -0.933. The highest BCUT2D eigenvalue weighted by atomic mass is 16.5. The molecule has 1 aliphatic heterocycles. The zero-order valence-corrected chi connectivity index (χ0v) is 13.8. The van der Waals surface area contributed by atoms with Gasteiger partial charge < -0.3 is 14.7 Å². The highest BCUT2D eigenvalue weighted by Gasteiger charge is 2.14. The molecule has 4 nitrogen and oxygen atoms in total. The maximum atomic E-state index is 9.47. The number of carboxylic acid groups (broad SMARTS) is 1. The number of rotatable bonds is 4. The lowest BCUT2D eigenvalue weighted by atomic mass is 10.0. The van der Waals surface area contributed by atoms with Crippen LogP contribution in [0.15, 0.2) is 24.3 Å². The molecule has 1 N–H and O–H groups in total. The zero-order valence-electron chi connectivity index (χ0n) is 13.8. The Labute approximate surface area is 128 Å². The summed E-state index contributed by atoms with van der Waals surface area (Å²) in [6.07, 6.45) is 3.82. The lowest BCUT2D eigenvalue weighted by Crippen LogP contribution is -2.29. The third kappa shape index (κ3) is 7.71. The molecule has 0 atom stereocenters. The summed E-state index contributed by atoms with van der Waals surface area (Å²) in [5.41, 5.74) is 3.00. The van der Waals surface area contributed by atoms with Crippen molar-refractivity contribution >= 4 is 11.7 Å². The molecule has 0 aromatic heterocycles. The predicted octanol–water partition coefficient (Wildman–Crippen LogP) is 3.59. The van der Waals surface area contributed by atoms with Gasteiger partial charge >= 0.3 is 5.97 Å². The van der Waals surface area contributed by atoms with Crippen LogP contribution < -0.4 is 4.90 Å². The second-order valence-electron chi connectivity index (χ2n) is 4.55. The molecule has 0 fully saturated rings. The smallest absolute Gasteiger partial charge is 0.329 e. The van der Waals surface area contributed by atoms with E-state index in [0.717, 1.165) is 0 Å². The maximum Gasteiger partial charge on any atom is 0.329 e. The number of carboxylic acids is 1. The SMILES string of the molecule is CC.CCCN1CCCc2ccccc21.COCC(=O)O. The van der Waals surface area contributed by atoms with E-state index in [4.69, 9.17) is 5.11 Å². The van der Waals surface area contributed by atoms with Gasteiger partial charge in [-0.1, -0.05) is 39.0 Å². The van der Waals surface area contributed by atoms with Crippen molar-refractivity contribution in [1.82, 2.24) is 0 Å². The Hall–Kier alpha value is -1.55. The van der Waals surface area contributed by atoms with Gasteiger partial charge in [-0.05, 0) is 30.9 Å². The molecule has 1 heterocycles. The summed E-state index contributed by atoms with van der Waals surface area (Å²) in [6.45, 7) is 8.49. The van der Waals surface area contributed by atoms with Crippen molar-refractivity contribution in [2.45, 2.75) is 40.0 Å². The Bertz CT molecular complexity index is 393. The molecule has 0 bridgehead atoms. The van der Waals surface area contributed by atoms with Crippen molar-refractivity contribution in [3.8, 4) is 0 Å². The first-order valence-electron chi connectivity index (χ1n) is 7.72. The number of hydrogen-bond acceptors (Lipinski definition) is 3. The van der Waals surface area contributed by atoms with Crippen LogP contribution >= 0.6 is 0 Å². The van der Waals surface area contributed by atoms with E-state index in [1.54, 1.807) is 0 Å². The van der Waals surface area contributed by atoms with E-state index >= 15 is 0 Å². The highest BCUT2D eigenvalue weighted by molar-refractivity contribution is 5.67. The van der Waals surface area contributed by atoms with Crippen molar-refractivity contribution < 1.29 is 14.6 Å². The standard InChI is InChI=1S/C12H17N.C3H6O3.C2H6/c1-2-9-13-10-5-7-11-6-3-4-8-12(11)13;1-6-2-3(4)5;1-2/h3-4,6,8H,2,5,7,9-10H2,1H3;2H2,1H3,(H,4,5);1-2H3. The molecule has 1 aromatic rings. The number of aryl methyl sites for hydroxylation is 1. The Kier molecular flexibility index (Phi) is 11.3. The van der Waals surface area contributed by atoms with E-state index in [0.29, 0.717) is 0 Å². The number of carbonyl (C=O) groups is 1. The van der Waals surface area contributed by atoms with Crippen LogP contribution in [0.25, 0.3) is 0 Å². The van der Waals surface area contributed by atoms with Gasteiger partial charge in [-0.2, -0.15) is 0 Å². The molecule has 0 amide bonds. The van der Waals surface area contributed by atoms with Crippen LogP contribution in [0.5, 0.6) is 0 Å². The molecule has 0 aliphatic carbocycles. The minimum Gasteiger partial charge on any atom is -0.480 e. The Morgan fingerprint density at radius 3 is 2.52 bits per heavy atom. The first-order valence-corrected chi connectivity index (χ1v) is 7.72. The molecule has 1 aliphatic rings. The number of benzene rings is 1. The number of anilines is 1. The number of ether oxygens (including phenoxy) is 1. The van der Waals surface area contributed by atoms with E-state index in [-0.39, 0.29) is 6.61 Å². The van der Waals surface area contributed by atoms with Gasteiger partial charge in [-0.15, -0.1) is 0 Å². The van der Waals surface area contributed by atoms with Gasteiger partial charge in [0.25, 0.3) is 0 Å². The lowest BCUT2D eigenvalue weighted by molar-refractivity contribution is -0.141. The fourth-order valence-electron chi connectivity index (χ4n) is 2.24. The largest absolute Gasteiger partial charge is 0.480 e. The van der Waals surface area contributed by atoms with Gasteiger partial charge in [0.1, 0.15) is 6.61 Å². The summed E-state index contributed by atoms with van der Waals surface area (Å²) in [5, 5.41) is 7.79. The number of para-hydroxylation sites is 1. The lowest BCUT2D eigenvalue weighted by Gasteiger charge is -2.30. The molecule has 1 aromatic carbocycles. The summed E-state index contributed by atoms with van der Waals surface area (Å²) in [4.78, 5) is 12.0. The summed E-state index contributed by atoms with van der Waals surface area (Å²) in [7, 11) is 1.34. The Morgan fingerprint density at radius 2 is 2.00 bits per heavy atom. The van der Waals surface area contributed by atoms with Crippen LogP contribution in [-0.2, 0) is 16.0 Å². The van der Waals surface area contributed by atoms with Crippen molar-refractivity contribution in [3.05, 3.63) is 29.8 Å². The van der Waals surface area contributed by atoms with E-state index in [1.807, 2.05) is 13.8 Å². The van der Waals surface area contributed by atoms with Gasteiger partial charge in [-0.3, -0.25) is 0 Å². The molecular weight excluding hydrogens is 266 g/mol. The second kappa shape index (κ2) is 12.2.